The van der Waals surface area contributed by atoms with Crippen LogP contribution in [0.25, 0.3) is 0 Å². The van der Waals surface area contributed by atoms with Crippen LogP contribution in [0.5, 0.6) is 0 Å². The van der Waals surface area contributed by atoms with E-state index in [1.807, 2.05) is 0 Å². The van der Waals surface area contributed by atoms with Crippen molar-refractivity contribution in [3.63, 3.8) is 0 Å². The zero-order valence-corrected chi connectivity index (χ0v) is 7.33. The molecule has 0 spiro atoms. The van der Waals surface area contributed by atoms with Crippen molar-refractivity contribution in [2.75, 3.05) is 5.75 Å². The maximum Gasteiger partial charge on any atom is 0.0150 e. The predicted molar refractivity (Wildman–Crippen MR) is 47.8 cm³/mol. The van der Waals surface area contributed by atoms with E-state index in [9.17, 15) is 0 Å². The fourth-order valence-electron chi connectivity index (χ4n) is 1.16. The summed E-state index contributed by atoms with van der Waals surface area (Å²) in [6.07, 6.45) is 1.07. The van der Waals surface area contributed by atoms with Crippen molar-refractivity contribution < 1.29 is 0 Å². The Hall–Kier alpha value is -0.370. The summed E-state index contributed by atoms with van der Waals surface area (Å²) in [7, 11) is 0. The SMILES string of the molecule is Cc1cc(CCS)c(C)[nH]1. The third-order valence-electron chi connectivity index (χ3n) is 1.64. The number of hydrogen-bond donors (Lipinski definition) is 2. The average Bonchev–Trinajstić information content (AvgIpc) is 2.13. The molecular formula is C8H13NS. The first kappa shape index (κ1) is 7.73. The Morgan fingerprint density at radius 2 is 2.20 bits per heavy atom. The van der Waals surface area contributed by atoms with Gasteiger partial charge in [-0.05, 0) is 37.7 Å². The van der Waals surface area contributed by atoms with Gasteiger partial charge in [0.15, 0.2) is 0 Å². The summed E-state index contributed by atoms with van der Waals surface area (Å²) in [5.74, 6) is 0.929. The molecular weight excluding hydrogens is 142 g/mol. The highest BCUT2D eigenvalue weighted by molar-refractivity contribution is 7.80. The third kappa shape index (κ3) is 1.57. The van der Waals surface area contributed by atoms with E-state index in [1.165, 1.54) is 17.0 Å². The Labute approximate surface area is 67.3 Å². The summed E-state index contributed by atoms with van der Waals surface area (Å²) in [6, 6.07) is 2.19. The molecule has 0 aliphatic rings. The maximum atomic E-state index is 4.17. The highest BCUT2D eigenvalue weighted by Gasteiger charge is 1.98. The Morgan fingerprint density at radius 3 is 2.60 bits per heavy atom. The Kier molecular flexibility index (Phi) is 2.44. The van der Waals surface area contributed by atoms with E-state index in [0.717, 1.165) is 12.2 Å². The van der Waals surface area contributed by atoms with Gasteiger partial charge in [-0.25, -0.2) is 0 Å². The zero-order valence-electron chi connectivity index (χ0n) is 6.44. The molecule has 0 saturated heterocycles. The van der Waals surface area contributed by atoms with Gasteiger partial charge >= 0.3 is 0 Å². The van der Waals surface area contributed by atoms with Crippen LogP contribution in [0.2, 0.25) is 0 Å². The van der Waals surface area contributed by atoms with E-state index in [4.69, 9.17) is 0 Å². The summed E-state index contributed by atoms with van der Waals surface area (Å²) in [6.45, 7) is 4.18. The topological polar surface area (TPSA) is 15.8 Å². The van der Waals surface area contributed by atoms with Crippen molar-refractivity contribution in [2.24, 2.45) is 0 Å². The third-order valence-corrected chi connectivity index (χ3v) is 1.86. The zero-order chi connectivity index (χ0) is 7.56. The van der Waals surface area contributed by atoms with Gasteiger partial charge in [-0.2, -0.15) is 12.6 Å². The number of thiol groups is 1. The molecule has 1 N–H and O–H groups in total. The lowest BCUT2D eigenvalue weighted by Crippen LogP contribution is -1.85. The molecule has 1 aromatic heterocycles. The predicted octanol–water partition coefficient (Wildman–Crippen LogP) is 2.10. The number of aryl methyl sites for hydroxylation is 3. The van der Waals surface area contributed by atoms with Gasteiger partial charge in [0, 0.05) is 11.4 Å². The summed E-state index contributed by atoms with van der Waals surface area (Å²) < 4.78 is 0. The lowest BCUT2D eigenvalue weighted by molar-refractivity contribution is 1.11. The standard InChI is InChI=1S/C8H13NS/c1-6-5-8(3-4-10)7(2)9-6/h5,9-10H,3-4H2,1-2H3. The summed E-state index contributed by atoms with van der Waals surface area (Å²) in [5, 5.41) is 0. The smallest absolute Gasteiger partial charge is 0.0150 e. The van der Waals surface area contributed by atoms with Crippen LogP contribution in [-0.4, -0.2) is 10.7 Å². The van der Waals surface area contributed by atoms with Gasteiger partial charge in [-0.3, -0.25) is 0 Å². The maximum absolute atomic E-state index is 4.17. The second-order valence-corrected chi connectivity index (χ2v) is 3.02. The number of hydrogen-bond acceptors (Lipinski definition) is 1. The summed E-state index contributed by atoms with van der Waals surface area (Å²) in [5.41, 5.74) is 3.92. The lowest BCUT2D eigenvalue weighted by Gasteiger charge is -1.92. The van der Waals surface area contributed by atoms with Crippen molar-refractivity contribution in [2.45, 2.75) is 20.3 Å². The van der Waals surface area contributed by atoms with Crippen molar-refractivity contribution >= 4 is 12.6 Å². The minimum atomic E-state index is 0.929. The quantitative estimate of drug-likeness (QED) is 0.608. The van der Waals surface area contributed by atoms with Crippen molar-refractivity contribution in [3.8, 4) is 0 Å². The molecule has 0 aromatic carbocycles. The van der Waals surface area contributed by atoms with Gasteiger partial charge in [0.25, 0.3) is 0 Å². The second kappa shape index (κ2) is 3.15. The van der Waals surface area contributed by atoms with Crippen LogP contribution in [0.3, 0.4) is 0 Å². The summed E-state index contributed by atoms with van der Waals surface area (Å²) >= 11 is 4.17. The van der Waals surface area contributed by atoms with Crippen LogP contribution in [0, 0.1) is 13.8 Å². The van der Waals surface area contributed by atoms with Crippen LogP contribution in [0.4, 0.5) is 0 Å². The van der Waals surface area contributed by atoms with Crippen LogP contribution >= 0.6 is 12.6 Å². The molecule has 0 fully saturated rings. The van der Waals surface area contributed by atoms with E-state index >= 15 is 0 Å². The fraction of sp³-hybridized carbons (Fsp3) is 0.500. The largest absolute Gasteiger partial charge is 0.362 e. The number of H-pyrrole nitrogens is 1. The number of rotatable bonds is 2. The van der Waals surface area contributed by atoms with Crippen LogP contribution in [0.15, 0.2) is 6.07 Å². The first-order chi connectivity index (χ1) is 4.74. The number of nitrogens with one attached hydrogen (secondary N) is 1. The highest BCUT2D eigenvalue weighted by atomic mass is 32.1. The minimum Gasteiger partial charge on any atom is -0.362 e. The number of aromatic amines is 1. The average molecular weight is 155 g/mol. The summed E-state index contributed by atoms with van der Waals surface area (Å²) in [4.78, 5) is 3.26. The molecule has 1 aromatic rings. The van der Waals surface area contributed by atoms with Crippen LogP contribution < -0.4 is 0 Å². The molecule has 0 atom stereocenters. The molecule has 0 amide bonds. The Morgan fingerprint density at radius 1 is 1.50 bits per heavy atom. The monoisotopic (exact) mass is 155 g/mol. The van der Waals surface area contributed by atoms with E-state index in [-0.39, 0.29) is 0 Å². The number of aromatic nitrogens is 1. The second-order valence-electron chi connectivity index (χ2n) is 2.58. The molecule has 10 heavy (non-hydrogen) atoms. The van der Waals surface area contributed by atoms with Gasteiger partial charge in [0.2, 0.25) is 0 Å². The van der Waals surface area contributed by atoms with Crippen molar-refractivity contribution in [3.05, 3.63) is 23.0 Å². The van der Waals surface area contributed by atoms with Gasteiger partial charge in [0.1, 0.15) is 0 Å². The molecule has 1 heterocycles. The minimum absolute atomic E-state index is 0.929. The molecule has 1 rings (SSSR count). The Bertz CT molecular complexity index is 215. The van der Waals surface area contributed by atoms with Crippen molar-refractivity contribution in [1.29, 1.82) is 0 Å². The fourth-order valence-corrected chi connectivity index (χ4v) is 1.40. The van der Waals surface area contributed by atoms with Crippen LogP contribution in [0.1, 0.15) is 17.0 Å². The molecule has 56 valence electrons. The van der Waals surface area contributed by atoms with Crippen LogP contribution in [-0.2, 0) is 6.42 Å². The first-order valence-electron chi connectivity index (χ1n) is 3.50. The molecule has 0 aliphatic carbocycles. The van der Waals surface area contributed by atoms with Gasteiger partial charge in [-0.15, -0.1) is 0 Å². The van der Waals surface area contributed by atoms with E-state index in [1.54, 1.807) is 0 Å². The first-order valence-corrected chi connectivity index (χ1v) is 4.13. The molecule has 0 unspecified atom stereocenters. The van der Waals surface area contributed by atoms with Gasteiger partial charge < -0.3 is 4.98 Å². The normalized spacial score (nSPS) is 10.3. The van der Waals surface area contributed by atoms with E-state index < -0.39 is 0 Å². The molecule has 1 nitrogen and oxygen atoms in total. The molecule has 2 heteroatoms. The van der Waals surface area contributed by atoms with Crippen molar-refractivity contribution in [1.82, 2.24) is 4.98 Å². The van der Waals surface area contributed by atoms with E-state index in [0.29, 0.717) is 0 Å². The lowest BCUT2D eigenvalue weighted by atomic mass is 10.2. The van der Waals surface area contributed by atoms with E-state index in [2.05, 4.69) is 37.5 Å². The molecule has 0 bridgehead atoms. The highest BCUT2D eigenvalue weighted by Crippen LogP contribution is 2.09. The molecule has 0 saturated carbocycles. The van der Waals surface area contributed by atoms with Gasteiger partial charge in [0.05, 0.1) is 0 Å². The molecule has 0 aliphatic heterocycles. The van der Waals surface area contributed by atoms with Gasteiger partial charge in [-0.1, -0.05) is 0 Å². The Balaban J connectivity index is 2.81. The molecule has 0 radical (unpaired) electrons.